The summed E-state index contributed by atoms with van der Waals surface area (Å²) in [7, 11) is 0. The molecule has 2 aromatic heterocycles. The molecule has 0 spiro atoms. The van der Waals surface area contributed by atoms with Crippen LogP contribution >= 0.6 is 0 Å². The van der Waals surface area contributed by atoms with Gasteiger partial charge in [0.1, 0.15) is 17.3 Å². The Balaban J connectivity index is 1.15. The lowest BCUT2D eigenvalue weighted by atomic mass is 9.88. The Bertz CT molecular complexity index is 2570. The standard InChI is InChI=1S/C48H48N4O/c1-30-31(2)33(4)47(46(32(30)3)36-16-11-10-12-17-36)51-29-50(34(5)35(51)6)38-18-15-19-39(27-38)53-40-22-23-42-41-20-13-14-21-43(41)52(44(42)28-40)45-26-37(24-25-49-45)48(7,8)9/h10-28H,29H2,1-9H3. The van der Waals surface area contributed by atoms with Crippen molar-refractivity contribution in [3.8, 4) is 28.4 Å². The van der Waals surface area contributed by atoms with Crippen LogP contribution in [0.1, 0.15) is 62.4 Å². The van der Waals surface area contributed by atoms with Crippen molar-refractivity contribution < 1.29 is 4.74 Å². The summed E-state index contributed by atoms with van der Waals surface area (Å²) in [5.74, 6) is 2.49. The van der Waals surface area contributed by atoms with Crippen molar-refractivity contribution in [3.63, 3.8) is 0 Å². The van der Waals surface area contributed by atoms with E-state index in [0.717, 1.165) is 40.7 Å². The minimum Gasteiger partial charge on any atom is -0.457 e. The lowest BCUT2D eigenvalue weighted by molar-refractivity contribution is 0.483. The summed E-state index contributed by atoms with van der Waals surface area (Å²) >= 11 is 0. The number of fused-ring (bicyclic) bond motifs is 3. The van der Waals surface area contributed by atoms with Gasteiger partial charge in [-0.1, -0.05) is 75.4 Å². The molecule has 0 saturated heterocycles. The van der Waals surface area contributed by atoms with Crippen molar-refractivity contribution in [1.29, 1.82) is 0 Å². The zero-order chi connectivity index (χ0) is 37.2. The predicted octanol–water partition coefficient (Wildman–Crippen LogP) is 12.7. The van der Waals surface area contributed by atoms with Gasteiger partial charge in [0.15, 0.2) is 0 Å². The van der Waals surface area contributed by atoms with Crippen LogP contribution < -0.4 is 14.5 Å². The minimum atomic E-state index is 0.00916. The maximum atomic E-state index is 6.68. The minimum absolute atomic E-state index is 0.00916. The number of pyridine rings is 1. The zero-order valence-electron chi connectivity index (χ0n) is 32.4. The largest absolute Gasteiger partial charge is 0.457 e. The number of allylic oxidation sites excluding steroid dienone is 2. The molecule has 7 aromatic rings. The third-order valence-electron chi connectivity index (χ3n) is 11.5. The fourth-order valence-corrected chi connectivity index (χ4v) is 7.96. The van der Waals surface area contributed by atoms with Gasteiger partial charge in [-0.25, -0.2) is 4.98 Å². The van der Waals surface area contributed by atoms with Crippen LogP contribution in [0.2, 0.25) is 0 Å². The van der Waals surface area contributed by atoms with Gasteiger partial charge in [0.2, 0.25) is 0 Å². The molecule has 266 valence electrons. The molecular formula is C48H48N4O. The molecule has 0 N–H and O–H groups in total. The van der Waals surface area contributed by atoms with Gasteiger partial charge in [-0.2, -0.15) is 0 Å². The summed E-state index contributed by atoms with van der Waals surface area (Å²) in [6.07, 6.45) is 1.92. The van der Waals surface area contributed by atoms with Gasteiger partial charge in [0.25, 0.3) is 0 Å². The third kappa shape index (κ3) is 5.85. The quantitative estimate of drug-likeness (QED) is 0.173. The number of hydrogen-bond donors (Lipinski definition) is 0. The second kappa shape index (κ2) is 13.0. The smallest absolute Gasteiger partial charge is 0.137 e. The van der Waals surface area contributed by atoms with Crippen LogP contribution in [-0.2, 0) is 5.41 Å². The first-order valence-electron chi connectivity index (χ1n) is 18.6. The van der Waals surface area contributed by atoms with Gasteiger partial charge >= 0.3 is 0 Å². The first-order valence-corrected chi connectivity index (χ1v) is 18.6. The molecule has 0 amide bonds. The summed E-state index contributed by atoms with van der Waals surface area (Å²) in [4.78, 5) is 9.75. The SMILES string of the molecule is CC1=C(C)N(c2c(C)c(C)c(C)c(C)c2-c2ccccc2)CN1c1cccc(Oc2ccc3c4ccccc4n(-c4cc(C(C)(C)C)ccn4)c3c2)c1. The first-order chi connectivity index (χ1) is 25.4. The van der Waals surface area contributed by atoms with E-state index in [2.05, 4.69) is 180 Å². The van der Waals surface area contributed by atoms with E-state index in [1.807, 2.05) is 12.3 Å². The molecule has 0 radical (unpaired) electrons. The summed E-state index contributed by atoms with van der Waals surface area (Å²) < 4.78 is 8.94. The average molecular weight is 697 g/mol. The van der Waals surface area contributed by atoms with E-state index in [4.69, 9.17) is 9.72 Å². The van der Waals surface area contributed by atoms with Crippen molar-refractivity contribution >= 4 is 33.2 Å². The summed E-state index contributed by atoms with van der Waals surface area (Å²) in [6.45, 7) is 21.0. The first kappa shape index (κ1) is 34.3. The number of hydrogen-bond acceptors (Lipinski definition) is 4. The summed E-state index contributed by atoms with van der Waals surface area (Å²) in [5, 5.41) is 2.37. The van der Waals surface area contributed by atoms with Crippen molar-refractivity contribution in [2.75, 3.05) is 16.5 Å². The number of aromatic nitrogens is 2. The highest BCUT2D eigenvalue weighted by atomic mass is 16.5. The zero-order valence-corrected chi connectivity index (χ0v) is 32.4. The lowest BCUT2D eigenvalue weighted by Crippen LogP contribution is -2.28. The number of ether oxygens (including phenoxy) is 1. The van der Waals surface area contributed by atoms with E-state index in [1.54, 1.807) is 0 Å². The van der Waals surface area contributed by atoms with E-state index in [-0.39, 0.29) is 5.41 Å². The van der Waals surface area contributed by atoms with E-state index < -0.39 is 0 Å². The predicted molar refractivity (Wildman–Crippen MR) is 223 cm³/mol. The molecular weight excluding hydrogens is 649 g/mol. The molecule has 0 saturated carbocycles. The van der Waals surface area contributed by atoms with E-state index in [9.17, 15) is 0 Å². The Morgan fingerprint density at radius 2 is 1.26 bits per heavy atom. The van der Waals surface area contributed by atoms with Gasteiger partial charge in [-0.05, 0) is 123 Å². The number of para-hydroxylation sites is 1. The Kier molecular flexibility index (Phi) is 8.41. The van der Waals surface area contributed by atoms with E-state index >= 15 is 0 Å². The number of benzene rings is 5. The molecule has 0 unspecified atom stereocenters. The molecule has 1 aliphatic heterocycles. The molecule has 0 atom stereocenters. The van der Waals surface area contributed by atoms with Crippen LogP contribution in [0, 0.1) is 27.7 Å². The topological polar surface area (TPSA) is 33.5 Å². The van der Waals surface area contributed by atoms with Gasteiger partial charge in [-0.15, -0.1) is 0 Å². The maximum Gasteiger partial charge on any atom is 0.137 e. The van der Waals surface area contributed by atoms with Gasteiger partial charge in [0.05, 0.1) is 23.4 Å². The van der Waals surface area contributed by atoms with Crippen LogP contribution in [0.5, 0.6) is 11.5 Å². The number of nitrogens with zero attached hydrogens (tertiary/aromatic N) is 4. The maximum absolute atomic E-state index is 6.68. The molecule has 0 bridgehead atoms. The van der Waals surface area contributed by atoms with Crippen LogP contribution in [0.4, 0.5) is 11.4 Å². The molecule has 53 heavy (non-hydrogen) atoms. The van der Waals surface area contributed by atoms with Crippen molar-refractivity contribution in [1.82, 2.24) is 9.55 Å². The fourth-order valence-electron chi connectivity index (χ4n) is 7.96. The number of anilines is 2. The van der Waals surface area contributed by atoms with Gasteiger partial charge in [0, 0.05) is 51.7 Å². The Labute approximate surface area is 313 Å². The molecule has 0 fully saturated rings. The van der Waals surface area contributed by atoms with Crippen molar-refractivity contribution in [2.24, 2.45) is 0 Å². The highest BCUT2D eigenvalue weighted by Gasteiger charge is 2.30. The average Bonchev–Trinajstić information content (AvgIpc) is 3.65. The molecule has 8 rings (SSSR count). The molecule has 5 aromatic carbocycles. The van der Waals surface area contributed by atoms with Crippen LogP contribution in [0.15, 0.2) is 127 Å². The van der Waals surface area contributed by atoms with Crippen LogP contribution in [0.3, 0.4) is 0 Å². The molecule has 1 aliphatic rings. The fraction of sp³-hybridized carbons (Fsp3) is 0.229. The molecule has 0 aliphatic carbocycles. The highest BCUT2D eigenvalue weighted by molar-refractivity contribution is 6.09. The van der Waals surface area contributed by atoms with Crippen molar-refractivity contribution in [3.05, 3.63) is 155 Å². The Morgan fingerprint density at radius 1 is 0.585 bits per heavy atom. The normalized spacial score (nSPS) is 13.5. The summed E-state index contributed by atoms with van der Waals surface area (Å²) in [5.41, 5.74) is 16.2. The molecule has 5 heteroatoms. The molecule has 3 heterocycles. The third-order valence-corrected chi connectivity index (χ3v) is 11.5. The second-order valence-electron chi connectivity index (χ2n) is 15.5. The van der Waals surface area contributed by atoms with Gasteiger partial charge < -0.3 is 14.5 Å². The molecule has 5 nitrogen and oxygen atoms in total. The Hall–Kier alpha value is -5.81. The Morgan fingerprint density at radius 3 is 2.04 bits per heavy atom. The van der Waals surface area contributed by atoms with E-state index in [1.165, 1.54) is 66.8 Å². The van der Waals surface area contributed by atoms with Gasteiger partial charge in [-0.3, -0.25) is 4.57 Å². The van der Waals surface area contributed by atoms with Crippen molar-refractivity contribution in [2.45, 2.75) is 67.7 Å². The van der Waals surface area contributed by atoms with Crippen LogP contribution in [0.25, 0.3) is 38.8 Å². The lowest BCUT2D eigenvalue weighted by Gasteiger charge is -2.30. The summed E-state index contributed by atoms with van der Waals surface area (Å²) in [6, 6.07) is 38.6. The number of rotatable bonds is 6. The second-order valence-corrected chi connectivity index (χ2v) is 15.5. The van der Waals surface area contributed by atoms with E-state index in [0.29, 0.717) is 0 Å². The monoisotopic (exact) mass is 696 g/mol. The van der Waals surface area contributed by atoms with Crippen LogP contribution in [-0.4, -0.2) is 16.2 Å². The highest BCUT2D eigenvalue weighted by Crippen LogP contribution is 2.45.